The SMILES string of the molecule is CCC1(CN=C(N)Nc2cccc(OC)c2)CCCC1. The van der Waals surface area contributed by atoms with Crippen LogP contribution in [0.15, 0.2) is 29.3 Å². The zero-order valence-corrected chi connectivity index (χ0v) is 12.5. The average molecular weight is 275 g/mol. The maximum atomic E-state index is 5.99. The van der Waals surface area contributed by atoms with E-state index < -0.39 is 0 Å². The smallest absolute Gasteiger partial charge is 0.193 e. The lowest BCUT2D eigenvalue weighted by molar-refractivity contribution is 0.297. The first-order valence-electron chi connectivity index (χ1n) is 7.38. The fraction of sp³-hybridized carbons (Fsp3) is 0.562. The number of anilines is 1. The van der Waals surface area contributed by atoms with E-state index in [1.54, 1.807) is 7.11 Å². The summed E-state index contributed by atoms with van der Waals surface area (Å²) in [4.78, 5) is 4.54. The summed E-state index contributed by atoms with van der Waals surface area (Å²) in [6.07, 6.45) is 6.39. The minimum atomic E-state index is 0.376. The van der Waals surface area contributed by atoms with Crippen LogP contribution in [0.3, 0.4) is 0 Å². The quantitative estimate of drug-likeness (QED) is 0.639. The molecule has 20 heavy (non-hydrogen) atoms. The number of methoxy groups -OCH3 is 1. The van der Waals surface area contributed by atoms with E-state index in [1.165, 1.54) is 32.1 Å². The van der Waals surface area contributed by atoms with Gasteiger partial charge in [-0.3, -0.25) is 4.99 Å². The van der Waals surface area contributed by atoms with Crippen molar-refractivity contribution in [3.8, 4) is 5.75 Å². The molecule has 1 fully saturated rings. The van der Waals surface area contributed by atoms with E-state index >= 15 is 0 Å². The van der Waals surface area contributed by atoms with Gasteiger partial charge in [-0.1, -0.05) is 25.8 Å². The molecule has 2 rings (SSSR count). The van der Waals surface area contributed by atoms with Gasteiger partial charge in [-0.25, -0.2) is 0 Å². The monoisotopic (exact) mass is 275 g/mol. The van der Waals surface area contributed by atoms with Crippen molar-refractivity contribution < 1.29 is 4.74 Å². The fourth-order valence-electron chi connectivity index (χ4n) is 2.89. The first-order chi connectivity index (χ1) is 9.67. The van der Waals surface area contributed by atoms with E-state index in [2.05, 4.69) is 17.2 Å². The Balaban J connectivity index is 1.96. The molecule has 0 aromatic heterocycles. The molecular weight excluding hydrogens is 250 g/mol. The number of hydrogen-bond acceptors (Lipinski definition) is 2. The largest absolute Gasteiger partial charge is 0.497 e. The summed E-state index contributed by atoms with van der Waals surface area (Å²) in [5.74, 6) is 1.29. The number of nitrogens with two attached hydrogens (primary N) is 1. The molecule has 1 aliphatic rings. The van der Waals surface area contributed by atoms with Crippen LogP contribution >= 0.6 is 0 Å². The Labute approximate surface area is 121 Å². The maximum absolute atomic E-state index is 5.99. The van der Waals surface area contributed by atoms with E-state index in [-0.39, 0.29) is 0 Å². The molecule has 3 N–H and O–H groups in total. The van der Waals surface area contributed by atoms with Gasteiger partial charge in [0.2, 0.25) is 0 Å². The van der Waals surface area contributed by atoms with Crippen molar-refractivity contribution in [3.63, 3.8) is 0 Å². The number of nitrogens with one attached hydrogen (secondary N) is 1. The minimum absolute atomic E-state index is 0.376. The molecule has 0 saturated heterocycles. The third-order valence-corrected chi connectivity index (χ3v) is 4.34. The molecule has 0 bridgehead atoms. The summed E-state index contributed by atoms with van der Waals surface area (Å²) >= 11 is 0. The van der Waals surface area contributed by atoms with Crippen LogP contribution in [-0.2, 0) is 0 Å². The molecule has 1 aromatic carbocycles. The normalized spacial score (nSPS) is 18.0. The van der Waals surface area contributed by atoms with E-state index in [1.807, 2.05) is 24.3 Å². The van der Waals surface area contributed by atoms with Crippen molar-refractivity contribution in [3.05, 3.63) is 24.3 Å². The first-order valence-corrected chi connectivity index (χ1v) is 7.38. The predicted octanol–water partition coefficient (Wildman–Crippen LogP) is 3.39. The Hall–Kier alpha value is -1.71. The molecule has 1 aliphatic carbocycles. The Morgan fingerprint density at radius 3 is 2.80 bits per heavy atom. The Morgan fingerprint density at radius 1 is 1.40 bits per heavy atom. The number of rotatable bonds is 5. The van der Waals surface area contributed by atoms with E-state index in [4.69, 9.17) is 10.5 Å². The average Bonchev–Trinajstić information content (AvgIpc) is 2.95. The number of nitrogens with zero attached hydrogens (tertiary/aromatic N) is 1. The number of hydrogen-bond donors (Lipinski definition) is 2. The standard InChI is InChI=1S/C16H25N3O/c1-3-16(9-4-5-10-16)12-18-15(17)19-13-7-6-8-14(11-13)20-2/h6-8,11H,3-5,9-10,12H2,1-2H3,(H3,17,18,19). The number of ether oxygens (including phenoxy) is 1. The lowest BCUT2D eigenvalue weighted by Crippen LogP contribution is -2.27. The van der Waals surface area contributed by atoms with Crippen molar-refractivity contribution in [2.24, 2.45) is 16.1 Å². The van der Waals surface area contributed by atoms with Crippen LogP contribution in [-0.4, -0.2) is 19.6 Å². The topological polar surface area (TPSA) is 59.6 Å². The van der Waals surface area contributed by atoms with E-state index in [0.717, 1.165) is 18.0 Å². The van der Waals surface area contributed by atoms with Gasteiger partial charge in [-0.2, -0.15) is 0 Å². The van der Waals surface area contributed by atoms with Crippen LogP contribution in [0, 0.1) is 5.41 Å². The van der Waals surface area contributed by atoms with Gasteiger partial charge in [-0.15, -0.1) is 0 Å². The third kappa shape index (κ3) is 3.65. The molecule has 0 radical (unpaired) electrons. The van der Waals surface area contributed by atoms with E-state index in [0.29, 0.717) is 11.4 Å². The molecule has 0 amide bonds. The molecule has 0 spiro atoms. The summed E-state index contributed by atoms with van der Waals surface area (Å²) in [7, 11) is 1.65. The highest BCUT2D eigenvalue weighted by molar-refractivity contribution is 5.92. The molecule has 4 nitrogen and oxygen atoms in total. The molecule has 0 unspecified atom stereocenters. The Morgan fingerprint density at radius 2 is 2.15 bits per heavy atom. The molecule has 1 saturated carbocycles. The molecule has 0 atom stereocenters. The second kappa shape index (κ2) is 6.64. The number of aliphatic imine (C=N–C) groups is 1. The summed E-state index contributed by atoms with van der Waals surface area (Å²) in [6.45, 7) is 3.08. The van der Waals surface area contributed by atoms with Crippen LogP contribution in [0.1, 0.15) is 39.0 Å². The van der Waals surface area contributed by atoms with Crippen LogP contribution in [0.25, 0.3) is 0 Å². The summed E-state index contributed by atoms with van der Waals surface area (Å²) in [5.41, 5.74) is 7.27. The van der Waals surface area contributed by atoms with Gasteiger partial charge in [-0.05, 0) is 36.8 Å². The highest BCUT2D eigenvalue weighted by Gasteiger charge is 2.31. The first kappa shape index (κ1) is 14.7. The van der Waals surface area contributed by atoms with Gasteiger partial charge in [0.25, 0.3) is 0 Å². The van der Waals surface area contributed by atoms with Gasteiger partial charge >= 0.3 is 0 Å². The third-order valence-electron chi connectivity index (χ3n) is 4.34. The van der Waals surface area contributed by atoms with Gasteiger partial charge in [0, 0.05) is 18.3 Å². The van der Waals surface area contributed by atoms with Gasteiger partial charge in [0.1, 0.15) is 5.75 Å². The fourth-order valence-corrected chi connectivity index (χ4v) is 2.89. The van der Waals surface area contributed by atoms with E-state index in [9.17, 15) is 0 Å². The zero-order chi connectivity index (χ0) is 14.4. The highest BCUT2D eigenvalue weighted by atomic mass is 16.5. The number of benzene rings is 1. The van der Waals surface area contributed by atoms with Gasteiger partial charge in [0.05, 0.1) is 7.11 Å². The maximum Gasteiger partial charge on any atom is 0.193 e. The predicted molar refractivity (Wildman–Crippen MR) is 84.3 cm³/mol. The van der Waals surface area contributed by atoms with Crippen molar-refractivity contribution in [2.75, 3.05) is 19.0 Å². The van der Waals surface area contributed by atoms with Crippen LogP contribution in [0.4, 0.5) is 5.69 Å². The van der Waals surface area contributed by atoms with Crippen molar-refractivity contribution in [2.45, 2.75) is 39.0 Å². The van der Waals surface area contributed by atoms with Crippen LogP contribution in [0.5, 0.6) is 5.75 Å². The zero-order valence-electron chi connectivity index (χ0n) is 12.5. The second-order valence-corrected chi connectivity index (χ2v) is 5.62. The minimum Gasteiger partial charge on any atom is -0.497 e. The lowest BCUT2D eigenvalue weighted by Gasteiger charge is -2.25. The second-order valence-electron chi connectivity index (χ2n) is 5.62. The van der Waals surface area contributed by atoms with Crippen LogP contribution in [0.2, 0.25) is 0 Å². The molecule has 4 heteroatoms. The molecular formula is C16H25N3O. The van der Waals surface area contributed by atoms with Crippen molar-refractivity contribution in [1.82, 2.24) is 0 Å². The van der Waals surface area contributed by atoms with Gasteiger partial charge in [0.15, 0.2) is 5.96 Å². The Bertz CT molecular complexity index is 465. The van der Waals surface area contributed by atoms with Crippen LogP contribution < -0.4 is 15.8 Å². The van der Waals surface area contributed by atoms with Crippen molar-refractivity contribution in [1.29, 1.82) is 0 Å². The highest BCUT2D eigenvalue weighted by Crippen LogP contribution is 2.41. The summed E-state index contributed by atoms with van der Waals surface area (Å²) in [5, 5.41) is 3.13. The summed E-state index contributed by atoms with van der Waals surface area (Å²) in [6, 6.07) is 7.70. The molecule has 110 valence electrons. The van der Waals surface area contributed by atoms with Crippen molar-refractivity contribution >= 4 is 11.6 Å². The molecule has 0 aliphatic heterocycles. The Kier molecular flexibility index (Phi) is 4.88. The van der Waals surface area contributed by atoms with Gasteiger partial charge < -0.3 is 15.8 Å². The molecule has 1 aromatic rings. The summed E-state index contributed by atoms with van der Waals surface area (Å²) < 4.78 is 5.19. The lowest BCUT2D eigenvalue weighted by atomic mass is 9.84. The molecule has 0 heterocycles. The number of guanidine groups is 1.